The molecule has 0 radical (unpaired) electrons. The van der Waals surface area contributed by atoms with E-state index in [1.54, 1.807) is 6.07 Å². The van der Waals surface area contributed by atoms with Crippen LogP contribution in [0, 0.1) is 11.7 Å². The van der Waals surface area contributed by atoms with Crippen LogP contribution in [0.15, 0.2) is 54.6 Å². The van der Waals surface area contributed by atoms with Crippen LogP contribution in [0.1, 0.15) is 55.2 Å². The van der Waals surface area contributed by atoms with E-state index in [-0.39, 0.29) is 29.6 Å². The minimum atomic E-state index is -0.182. The van der Waals surface area contributed by atoms with Crippen molar-refractivity contribution in [3.05, 3.63) is 71.5 Å². The summed E-state index contributed by atoms with van der Waals surface area (Å²) in [6.45, 7) is 0.818. The number of carbonyl (C=O) groups excluding carboxylic acids is 1. The topological polar surface area (TPSA) is 20.3 Å². The van der Waals surface area contributed by atoms with Gasteiger partial charge >= 0.3 is 0 Å². The molecule has 2 nitrogen and oxygen atoms in total. The average Bonchev–Trinajstić information content (AvgIpc) is 3.46. The lowest BCUT2D eigenvalue weighted by molar-refractivity contribution is -0.135. The fourth-order valence-electron chi connectivity index (χ4n) is 4.19. The SMILES string of the molecule is O=C(C1CC1c1ccccc1F)N1CCCCCC1c1ccccc1. The normalized spacial score (nSPS) is 26.1. The van der Waals surface area contributed by atoms with Gasteiger partial charge in [0.05, 0.1) is 6.04 Å². The molecule has 130 valence electrons. The molecule has 0 N–H and O–H groups in total. The monoisotopic (exact) mass is 337 g/mol. The summed E-state index contributed by atoms with van der Waals surface area (Å²) < 4.78 is 14.0. The Balaban J connectivity index is 1.55. The van der Waals surface area contributed by atoms with Gasteiger partial charge in [0.15, 0.2) is 0 Å². The zero-order chi connectivity index (χ0) is 17.2. The maximum Gasteiger partial charge on any atom is 0.226 e. The smallest absolute Gasteiger partial charge is 0.226 e. The van der Waals surface area contributed by atoms with E-state index < -0.39 is 0 Å². The summed E-state index contributed by atoms with van der Waals surface area (Å²) in [7, 11) is 0. The van der Waals surface area contributed by atoms with Crippen LogP contribution in [0.3, 0.4) is 0 Å². The molecule has 0 aromatic heterocycles. The molecule has 1 heterocycles. The van der Waals surface area contributed by atoms with Crippen LogP contribution in [-0.2, 0) is 4.79 Å². The quantitative estimate of drug-likeness (QED) is 0.765. The first-order valence-corrected chi connectivity index (χ1v) is 9.35. The summed E-state index contributed by atoms with van der Waals surface area (Å²) in [5, 5.41) is 0. The maximum atomic E-state index is 14.0. The molecule has 1 saturated carbocycles. The highest BCUT2D eigenvalue weighted by Crippen LogP contribution is 2.50. The zero-order valence-corrected chi connectivity index (χ0v) is 14.4. The van der Waals surface area contributed by atoms with Gasteiger partial charge in [0.25, 0.3) is 0 Å². The lowest BCUT2D eigenvalue weighted by Crippen LogP contribution is -2.36. The molecule has 2 aromatic rings. The van der Waals surface area contributed by atoms with E-state index in [0.29, 0.717) is 5.56 Å². The molecule has 2 fully saturated rings. The average molecular weight is 337 g/mol. The lowest BCUT2D eigenvalue weighted by atomic mass is 10.00. The molecule has 3 heteroatoms. The van der Waals surface area contributed by atoms with Crippen LogP contribution in [-0.4, -0.2) is 17.4 Å². The van der Waals surface area contributed by atoms with E-state index in [2.05, 4.69) is 17.0 Å². The largest absolute Gasteiger partial charge is 0.335 e. The molecule has 3 atom stereocenters. The lowest BCUT2D eigenvalue weighted by Gasteiger charge is -2.31. The summed E-state index contributed by atoms with van der Waals surface area (Å²) in [6, 6.07) is 17.4. The van der Waals surface area contributed by atoms with Crippen molar-refractivity contribution >= 4 is 5.91 Å². The molecule has 3 unspecified atom stereocenters. The summed E-state index contributed by atoms with van der Waals surface area (Å²) in [6.07, 6.45) is 5.19. The molecule has 1 amide bonds. The Bertz CT molecular complexity index is 745. The number of benzene rings is 2. The third kappa shape index (κ3) is 3.33. The Hall–Kier alpha value is -2.16. The van der Waals surface area contributed by atoms with E-state index in [1.165, 1.54) is 18.1 Å². The van der Waals surface area contributed by atoms with Gasteiger partial charge in [-0.15, -0.1) is 0 Å². The van der Waals surface area contributed by atoms with Crippen molar-refractivity contribution in [1.82, 2.24) is 4.90 Å². The first-order chi connectivity index (χ1) is 12.3. The Kier molecular flexibility index (Phi) is 4.56. The number of halogens is 1. The second-order valence-electron chi connectivity index (χ2n) is 7.28. The summed E-state index contributed by atoms with van der Waals surface area (Å²) in [5.41, 5.74) is 1.92. The van der Waals surface area contributed by atoms with Crippen LogP contribution in [0.2, 0.25) is 0 Å². The number of amides is 1. The molecule has 2 aromatic carbocycles. The highest BCUT2D eigenvalue weighted by Gasteiger charge is 2.48. The van der Waals surface area contributed by atoms with Gasteiger partial charge in [0, 0.05) is 12.5 Å². The van der Waals surface area contributed by atoms with Crippen LogP contribution in [0.25, 0.3) is 0 Å². The van der Waals surface area contributed by atoms with Crippen molar-refractivity contribution < 1.29 is 9.18 Å². The molecule has 25 heavy (non-hydrogen) atoms. The van der Waals surface area contributed by atoms with Gasteiger partial charge in [0.1, 0.15) is 5.82 Å². The fraction of sp³-hybridized carbons (Fsp3) is 0.409. The minimum absolute atomic E-state index is 0.0494. The minimum Gasteiger partial charge on any atom is -0.335 e. The van der Waals surface area contributed by atoms with Crippen molar-refractivity contribution in [3.8, 4) is 0 Å². The first kappa shape index (κ1) is 16.3. The predicted molar refractivity (Wildman–Crippen MR) is 96.6 cm³/mol. The zero-order valence-electron chi connectivity index (χ0n) is 14.4. The third-order valence-corrected chi connectivity index (χ3v) is 5.63. The standard InChI is InChI=1S/C22H24FNO/c23-20-12-7-6-11-17(20)18-15-19(18)22(25)24-14-8-2-5-13-21(24)16-9-3-1-4-10-16/h1,3-4,6-7,9-12,18-19,21H,2,5,8,13-15H2. The molecule has 2 aliphatic rings. The Morgan fingerprint density at radius 3 is 2.52 bits per heavy atom. The number of rotatable bonds is 3. The molecule has 4 rings (SSSR count). The number of carbonyl (C=O) groups is 1. The van der Waals surface area contributed by atoms with Crippen molar-refractivity contribution in [2.45, 2.75) is 44.1 Å². The van der Waals surface area contributed by atoms with Crippen LogP contribution in [0.4, 0.5) is 4.39 Å². The number of nitrogens with zero attached hydrogens (tertiary/aromatic N) is 1. The van der Waals surface area contributed by atoms with E-state index in [0.717, 1.165) is 32.2 Å². The molecule has 0 spiro atoms. The summed E-state index contributed by atoms with van der Waals surface area (Å²) >= 11 is 0. The Labute approximate surface area is 148 Å². The van der Waals surface area contributed by atoms with E-state index in [9.17, 15) is 9.18 Å². The van der Waals surface area contributed by atoms with Crippen LogP contribution in [0.5, 0.6) is 0 Å². The number of likely N-dealkylation sites (tertiary alicyclic amines) is 1. The van der Waals surface area contributed by atoms with Gasteiger partial charge in [0.2, 0.25) is 5.91 Å². The van der Waals surface area contributed by atoms with Crippen LogP contribution >= 0.6 is 0 Å². The first-order valence-electron chi connectivity index (χ1n) is 9.35. The van der Waals surface area contributed by atoms with Gasteiger partial charge in [-0.1, -0.05) is 61.4 Å². The third-order valence-electron chi connectivity index (χ3n) is 5.63. The van der Waals surface area contributed by atoms with Gasteiger partial charge in [-0.25, -0.2) is 4.39 Å². The molecule has 1 saturated heterocycles. The van der Waals surface area contributed by atoms with Crippen molar-refractivity contribution in [3.63, 3.8) is 0 Å². The molecular formula is C22H24FNO. The summed E-state index contributed by atoms with van der Waals surface area (Å²) in [5.74, 6) is 0.0249. The predicted octanol–water partition coefficient (Wildman–Crippen LogP) is 5.07. The number of hydrogen-bond acceptors (Lipinski definition) is 1. The van der Waals surface area contributed by atoms with Crippen molar-refractivity contribution in [2.24, 2.45) is 5.92 Å². The second kappa shape index (κ2) is 6.99. The van der Waals surface area contributed by atoms with Crippen LogP contribution < -0.4 is 0 Å². The van der Waals surface area contributed by atoms with Gasteiger partial charge < -0.3 is 4.90 Å². The maximum absolute atomic E-state index is 14.0. The highest BCUT2D eigenvalue weighted by atomic mass is 19.1. The van der Waals surface area contributed by atoms with E-state index in [4.69, 9.17) is 0 Å². The molecule has 1 aliphatic heterocycles. The number of hydrogen-bond donors (Lipinski definition) is 0. The van der Waals surface area contributed by atoms with Crippen molar-refractivity contribution in [1.29, 1.82) is 0 Å². The molecule has 1 aliphatic carbocycles. The Morgan fingerprint density at radius 2 is 1.72 bits per heavy atom. The molecular weight excluding hydrogens is 313 g/mol. The highest BCUT2D eigenvalue weighted by molar-refractivity contribution is 5.83. The van der Waals surface area contributed by atoms with Gasteiger partial charge in [-0.05, 0) is 42.4 Å². The summed E-state index contributed by atoms with van der Waals surface area (Å²) in [4.78, 5) is 15.3. The fourth-order valence-corrected chi connectivity index (χ4v) is 4.19. The van der Waals surface area contributed by atoms with Gasteiger partial charge in [-0.3, -0.25) is 4.79 Å². The van der Waals surface area contributed by atoms with E-state index in [1.807, 2.05) is 30.3 Å². The Morgan fingerprint density at radius 1 is 0.960 bits per heavy atom. The van der Waals surface area contributed by atoms with Gasteiger partial charge in [-0.2, -0.15) is 0 Å². The molecule has 0 bridgehead atoms. The van der Waals surface area contributed by atoms with Crippen molar-refractivity contribution in [2.75, 3.05) is 6.54 Å². The second-order valence-corrected chi connectivity index (χ2v) is 7.28. The van der Waals surface area contributed by atoms with E-state index >= 15 is 0 Å².